The van der Waals surface area contributed by atoms with Crippen molar-refractivity contribution in [2.45, 2.75) is 62.4 Å². The highest BCUT2D eigenvalue weighted by molar-refractivity contribution is 8.18. The van der Waals surface area contributed by atoms with Crippen molar-refractivity contribution in [3.8, 4) is 0 Å². The van der Waals surface area contributed by atoms with E-state index >= 15 is 0 Å². The molecule has 0 atom stereocenters. The third kappa shape index (κ3) is 5.18. The van der Waals surface area contributed by atoms with Crippen LogP contribution in [0.25, 0.3) is 0 Å². The van der Waals surface area contributed by atoms with E-state index in [-0.39, 0.29) is 0 Å². The lowest BCUT2D eigenvalue weighted by Crippen LogP contribution is -2.35. The molecule has 0 aromatic rings. The molecular formula is C12H26S2Si. The molecule has 1 heterocycles. The van der Waals surface area contributed by atoms with Crippen LogP contribution in [0.3, 0.4) is 0 Å². The maximum Gasteiger partial charge on any atom is 0.0587 e. The minimum absolute atomic E-state index is 0.610. The summed E-state index contributed by atoms with van der Waals surface area (Å²) in [7, 11) is -0.909. The quantitative estimate of drug-likeness (QED) is 0.634. The molecule has 0 bridgehead atoms. The van der Waals surface area contributed by atoms with E-state index in [0.717, 1.165) is 0 Å². The first kappa shape index (κ1) is 14.0. The Hall–Kier alpha value is 0.917. The first-order chi connectivity index (χ1) is 6.97. The second-order valence-corrected chi connectivity index (χ2v) is 14.5. The van der Waals surface area contributed by atoms with Gasteiger partial charge in [-0.2, -0.15) is 0 Å². The van der Waals surface area contributed by atoms with E-state index in [1.54, 1.807) is 0 Å². The third-order valence-corrected chi connectivity index (χ3v) is 8.35. The Labute approximate surface area is 105 Å². The molecule has 0 aromatic carbocycles. The molecule has 0 nitrogen and oxygen atoms in total. The van der Waals surface area contributed by atoms with E-state index in [1.165, 1.54) is 43.2 Å². The summed E-state index contributed by atoms with van der Waals surface area (Å²) in [5, 5.41) is 0. The highest BCUT2D eigenvalue weighted by Crippen LogP contribution is 2.50. The van der Waals surface area contributed by atoms with Gasteiger partial charge in [0.05, 0.1) is 4.08 Å². The maximum atomic E-state index is 2.52. The fraction of sp³-hybridized carbons (Fsp3) is 1.00. The van der Waals surface area contributed by atoms with Gasteiger partial charge in [-0.25, -0.2) is 0 Å². The fourth-order valence-corrected chi connectivity index (χ4v) is 10.3. The summed E-state index contributed by atoms with van der Waals surface area (Å²) in [5.74, 6) is 2.81. The van der Waals surface area contributed by atoms with Gasteiger partial charge in [-0.05, 0) is 30.4 Å². The maximum absolute atomic E-state index is 2.52. The van der Waals surface area contributed by atoms with Crippen LogP contribution in [0.1, 0.15) is 32.6 Å². The summed E-state index contributed by atoms with van der Waals surface area (Å²) in [6.07, 6.45) is 5.65. The zero-order valence-corrected chi connectivity index (χ0v) is 13.4. The van der Waals surface area contributed by atoms with Crippen molar-refractivity contribution in [2.24, 2.45) is 0 Å². The summed E-state index contributed by atoms with van der Waals surface area (Å²) < 4.78 is 0.610. The first-order valence-electron chi connectivity index (χ1n) is 6.25. The number of unbranched alkanes of at least 4 members (excludes halogenated alkanes) is 1. The van der Waals surface area contributed by atoms with Crippen molar-refractivity contribution < 1.29 is 0 Å². The standard InChI is InChI=1S/C12H26S2Si/c1-5-6-8-12(11-15(2,3)4)13-9-7-10-14-12/h5-11H2,1-4H3. The zero-order chi connectivity index (χ0) is 11.4. The number of hydrogen-bond acceptors (Lipinski definition) is 2. The Kier molecular flexibility index (Phi) is 5.61. The lowest BCUT2D eigenvalue weighted by Gasteiger charge is -2.40. The Bertz CT molecular complexity index is 181. The van der Waals surface area contributed by atoms with E-state index in [0.29, 0.717) is 4.08 Å². The van der Waals surface area contributed by atoms with Crippen LogP contribution >= 0.6 is 23.5 Å². The molecule has 1 fully saturated rings. The summed E-state index contributed by atoms with van der Waals surface area (Å²) in [4.78, 5) is 0. The smallest absolute Gasteiger partial charge is 0.0587 e. The van der Waals surface area contributed by atoms with E-state index < -0.39 is 8.07 Å². The molecule has 0 amide bonds. The number of thioether (sulfide) groups is 2. The predicted octanol–water partition coefficient (Wildman–Crippen LogP) is 5.08. The topological polar surface area (TPSA) is 0 Å². The molecule has 3 heteroatoms. The Balaban J connectivity index is 2.58. The van der Waals surface area contributed by atoms with Crippen LogP contribution in [0.15, 0.2) is 0 Å². The lowest BCUT2D eigenvalue weighted by molar-refractivity contribution is 0.675. The van der Waals surface area contributed by atoms with Gasteiger partial charge in [-0.15, -0.1) is 23.5 Å². The van der Waals surface area contributed by atoms with Gasteiger partial charge in [0, 0.05) is 8.07 Å². The average molecular weight is 263 g/mol. The molecule has 0 aromatic heterocycles. The molecule has 1 aliphatic heterocycles. The SMILES string of the molecule is CCCCC1(C[Si](C)(C)C)SCCCS1. The molecule has 15 heavy (non-hydrogen) atoms. The molecule has 0 unspecified atom stereocenters. The van der Waals surface area contributed by atoms with Crippen LogP contribution in [0.5, 0.6) is 0 Å². The van der Waals surface area contributed by atoms with Gasteiger partial charge in [-0.1, -0.05) is 39.4 Å². The van der Waals surface area contributed by atoms with Gasteiger partial charge in [0.1, 0.15) is 0 Å². The van der Waals surface area contributed by atoms with E-state index in [9.17, 15) is 0 Å². The molecule has 1 rings (SSSR count). The molecular weight excluding hydrogens is 236 g/mol. The largest absolute Gasteiger partial charge is 0.144 e. The van der Waals surface area contributed by atoms with Crippen LogP contribution < -0.4 is 0 Å². The van der Waals surface area contributed by atoms with E-state index in [1.807, 2.05) is 0 Å². The minimum Gasteiger partial charge on any atom is -0.144 e. The Morgan fingerprint density at radius 3 is 2.20 bits per heavy atom. The van der Waals surface area contributed by atoms with Crippen molar-refractivity contribution in [2.75, 3.05) is 11.5 Å². The molecule has 1 saturated heterocycles. The molecule has 0 N–H and O–H groups in total. The normalized spacial score (nSPS) is 21.6. The van der Waals surface area contributed by atoms with Gasteiger partial charge < -0.3 is 0 Å². The second kappa shape index (κ2) is 6.01. The van der Waals surface area contributed by atoms with Crippen molar-refractivity contribution in [1.82, 2.24) is 0 Å². The Morgan fingerprint density at radius 2 is 1.73 bits per heavy atom. The number of hydrogen-bond donors (Lipinski definition) is 0. The molecule has 0 spiro atoms. The van der Waals surface area contributed by atoms with Crippen LogP contribution in [-0.4, -0.2) is 23.7 Å². The van der Waals surface area contributed by atoms with Gasteiger partial charge in [-0.3, -0.25) is 0 Å². The summed E-state index contributed by atoms with van der Waals surface area (Å²) in [5.41, 5.74) is 0. The van der Waals surface area contributed by atoms with E-state index in [2.05, 4.69) is 50.1 Å². The lowest BCUT2D eigenvalue weighted by atomic mass is 10.2. The first-order valence-corrected chi connectivity index (χ1v) is 11.9. The number of rotatable bonds is 5. The minimum atomic E-state index is -0.909. The highest BCUT2D eigenvalue weighted by atomic mass is 32.2. The average Bonchev–Trinajstić information content (AvgIpc) is 2.14. The molecule has 1 aliphatic rings. The third-order valence-electron chi connectivity index (χ3n) is 2.73. The monoisotopic (exact) mass is 262 g/mol. The van der Waals surface area contributed by atoms with Crippen LogP contribution in [0, 0.1) is 0 Å². The van der Waals surface area contributed by atoms with Crippen molar-refractivity contribution in [3.63, 3.8) is 0 Å². The molecule has 90 valence electrons. The zero-order valence-electron chi connectivity index (χ0n) is 10.8. The van der Waals surface area contributed by atoms with E-state index in [4.69, 9.17) is 0 Å². The highest BCUT2D eigenvalue weighted by Gasteiger charge is 2.37. The van der Waals surface area contributed by atoms with Gasteiger partial charge in [0.15, 0.2) is 0 Å². The fourth-order valence-electron chi connectivity index (χ4n) is 2.21. The van der Waals surface area contributed by atoms with Crippen LogP contribution in [0.4, 0.5) is 0 Å². The van der Waals surface area contributed by atoms with Crippen molar-refractivity contribution in [1.29, 1.82) is 0 Å². The van der Waals surface area contributed by atoms with Crippen molar-refractivity contribution >= 4 is 31.6 Å². The summed E-state index contributed by atoms with van der Waals surface area (Å²) in [6.45, 7) is 9.89. The summed E-state index contributed by atoms with van der Waals surface area (Å²) >= 11 is 4.55. The van der Waals surface area contributed by atoms with Gasteiger partial charge in [0.2, 0.25) is 0 Å². The van der Waals surface area contributed by atoms with Crippen LogP contribution in [0.2, 0.25) is 25.7 Å². The second-order valence-electron chi connectivity index (χ2n) is 5.80. The molecule has 0 radical (unpaired) electrons. The van der Waals surface area contributed by atoms with Gasteiger partial charge >= 0.3 is 0 Å². The van der Waals surface area contributed by atoms with Crippen molar-refractivity contribution in [3.05, 3.63) is 0 Å². The summed E-state index contributed by atoms with van der Waals surface area (Å²) in [6, 6.07) is 1.51. The predicted molar refractivity (Wildman–Crippen MR) is 79.9 cm³/mol. The van der Waals surface area contributed by atoms with Crippen LogP contribution in [-0.2, 0) is 0 Å². The molecule has 0 aliphatic carbocycles. The Morgan fingerprint density at radius 1 is 1.13 bits per heavy atom. The van der Waals surface area contributed by atoms with Gasteiger partial charge in [0.25, 0.3) is 0 Å². The molecule has 0 saturated carbocycles.